The maximum absolute atomic E-state index is 13.8. The first-order chi connectivity index (χ1) is 14.9. The lowest BCUT2D eigenvalue weighted by Crippen LogP contribution is -2.47. The van der Waals surface area contributed by atoms with E-state index in [1.165, 1.54) is 11.6 Å². The zero-order valence-electron chi connectivity index (χ0n) is 18.1. The molecule has 2 atom stereocenters. The normalized spacial score (nSPS) is 23.1. The zero-order chi connectivity index (χ0) is 21.9. The van der Waals surface area contributed by atoms with Crippen LogP contribution in [0.5, 0.6) is 0 Å². The van der Waals surface area contributed by atoms with Gasteiger partial charge < -0.3 is 9.47 Å². The molecule has 10 nitrogen and oxygen atoms in total. The van der Waals surface area contributed by atoms with Crippen molar-refractivity contribution in [3.63, 3.8) is 0 Å². The highest BCUT2D eigenvalue weighted by molar-refractivity contribution is 5.98. The molecule has 0 N–H and O–H groups in total. The zero-order valence-corrected chi connectivity index (χ0v) is 18.1. The Morgan fingerprint density at radius 1 is 1.03 bits per heavy atom. The molecule has 5 rings (SSSR count). The number of rotatable bonds is 4. The van der Waals surface area contributed by atoms with Crippen LogP contribution in [0.3, 0.4) is 0 Å². The van der Waals surface area contributed by atoms with E-state index in [4.69, 9.17) is 0 Å². The van der Waals surface area contributed by atoms with Gasteiger partial charge in [-0.2, -0.15) is 15.0 Å². The average Bonchev–Trinajstić information content (AvgIpc) is 3.48. The first-order valence-corrected chi connectivity index (χ1v) is 10.9. The third-order valence-corrected chi connectivity index (χ3v) is 6.87. The number of piperidine rings is 1. The van der Waals surface area contributed by atoms with Crippen LogP contribution in [-0.2, 0) is 20.6 Å². The van der Waals surface area contributed by atoms with Gasteiger partial charge in [0.15, 0.2) is 0 Å². The topological polar surface area (TPSA) is 100.0 Å². The molecule has 3 aromatic heterocycles. The summed E-state index contributed by atoms with van der Waals surface area (Å²) in [4.78, 5) is 42.8. The van der Waals surface area contributed by atoms with Crippen LogP contribution in [0.4, 0.5) is 0 Å². The molecule has 0 spiro atoms. The van der Waals surface area contributed by atoms with Gasteiger partial charge in [0.05, 0.1) is 23.8 Å². The fourth-order valence-electron chi connectivity index (χ4n) is 5.48. The third kappa shape index (κ3) is 2.88. The van der Waals surface area contributed by atoms with Gasteiger partial charge in [-0.15, -0.1) is 0 Å². The Kier molecular flexibility index (Phi) is 4.60. The summed E-state index contributed by atoms with van der Waals surface area (Å²) in [6.07, 6.45) is 7.73. The second-order valence-corrected chi connectivity index (χ2v) is 8.70. The largest absolute Gasteiger partial charge is 0.332 e. The lowest BCUT2D eigenvalue weighted by molar-refractivity contribution is 0.0501. The molecule has 0 aromatic carbocycles. The second-order valence-electron chi connectivity index (χ2n) is 8.70. The van der Waals surface area contributed by atoms with Crippen LogP contribution in [0.2, 0.25) is 0 Å². The number of carbonyl (C=O) groups is 1. The number of nitrogens with zero attached hydrogens (tertiary/aromatic N) is 7. The quantitative estimate of drug-likeness (QED) is 0.622. The highest BCUT2D eigenvalue weighted by atomic mass is 16.2. The highest BCUT2D eigenvalue weighted by Gasteiger charge is 2.45. The number of aryl methyl sites for hydroxylation is 2. The van der Waals surface area contributed by atoms with Crippen molar-refractivity contribution in [3.05, 3.63) is 45.0 Å². The van der Waals surface area contributed by atoms with E-state index < -0.39 is 0 Å². The fourth-order valence-corrected chi connectivity index (χ4v) is 5.48. The summed E-state index contributed by atoms with van der Waals surface area (Å²) in [5.74, 6) is -0.0569. The number of amides is 1. The summed E-state index contributed by atoms with van der Waals surface area (Å²) >= 11 is 0. The van der Waals surface area contributed by atoms with Gasteiger partial charge in [-0.25, -0.2) is 4.79 Å². The van der Waals surface area contributed by atoms with Crippen molar-refractivity contribution in [1.29, 1.82) is 0 Å². The highest BCUT2D eigenvalue weighted by Crippen LogP contribution is 2.41. The van der Waals surface area contributed by atoms with Crippen LogP contribution in [0.15, 0.2) is 28.0 Å². The number of hydrogen-bond acceptors (Lipinski definition) is 5. The lowest BCUT2D eigenvalue weighted by atomic mass is 9.97. The molecule has 0 aliphatic carbocycles. The van der Waals surface area contributed by atoms with Gasteiger partial charge in [-0.1, -0.05) is 6.92 Å². The molecule has 1 amide bonds. The van der Waals surface area contributed by atoms with E-state index in [0.717, 1.165) is 36.7 Å². The molecule has 31 heavy (non-hydrogen) atoms. The van der Waals surface area contributed by atoms with Crippen LogP contribution in [0.25, 0.3) is 11.0 Å². The van der Waals surface area contributed by atoms with Gasteiger partial charge in [0.2, 0.25) is 0 Å². The smallest absolute Gasteiger partial charge is 0.331 e. The minimum atomic E-state index is -0.389. The summed E-state index contributed by atoms with van der Waals surface area (Å²) in [6.45, 7) is 2.58. The number of fused-ring (bicyclic) bond motifs is 3. The summed E-state index contributed by atoms with van der Waals surface area (Å²) in [5, 5.41) is 9.00. The van der Waals surface area contributed by atoms with Crippen LogP contribution >= 0.6 is 0 Å². The van der Waals surface area contributed by atoms with Crippen LogP contribution < -0.4 is 11.2 Å². The number of hydrogen-bond donors (Lipinski definition) is 0. The molecule has 2 unspecified atom stereocenters. The van der Waals surface area contributed by atoms with Crippen LogP contribution in [-0.4, -0.2) is 51.6 Å². The first-order valence-electron chi connectivity index (χ1n) is 10.9. The Bertz CT molecular complexity index is 1250. The van der Waals surface area contributed by atoms with Crippen LogP contribution in [0.1, 0.15) is 55.6 Å². The minimum Gasteiger partial charge on any atom is -0.331 e. The monoisotopic (exact) mass is 425 g/mol. The van der Waals surface area contributed by atoms with Crippen molar-refractivity contribution in [3.8, 4) is 0 Å². The Hall–Kier alpha value is -3.17. The molecule has 164 valence electrons. The van der Waals surface area contributed by atoms with E-state index >= 15 is 0 Å². The van der Waals surface area contributed by atoms with Crippen molar-refractivity contribution in [1.82, 2.24) is 33.6 Å². The van der Waals surface area contributed by atoms with Gasteiger partial charge in [0.25, 0.3) is 11.5 Å². The molecule has 2 saturated heterocycles. The van der Waals surface area contributed by atoms with Crippen LogP contribution in [0, 0.1) is 0 Å². The molecule has 10 heteroatoms. The predicted molar refractivity (Wildman–Crippen MR) is 114 cm³/mol. The Balaban J connectivity index is 1.57. The molecule has 0 radical (unpaired) electrons. The van der Waals surface area contributed by atoms with Gasteiger partial charge in [-0.05, 0) is 38.2 Å². The summed E-state index contributed by atoms with van der Waals surface area (Å²) < 4.78 is 4.41. The lowest BCUT2D eigenvalue weighted by Gasteiger charge is -2.38. The second kappa shape index (κ2) is 7.21. The van der Waals surface area contributed by atoms with E-state index in [1.807, 2.05) is 16.4 Å². The number of carbonyl (C=O) groups excluding carboxylic acids is 1. The molecule has 3 aromatic rings. The summed E-state index contributed by atoms with van der Waals surface area (Å²) in [5.41, 5.74) is 0.247. The molecule has 2 bridgehead atoms. The Morgan fingerprint density at radius 2 is 1.68 bits per heavy atom. The molecule has 2 fully saturated rings. The van der Waals surface area contributed by atoms with Crippen molar-refractivity contribution in [2.75, 3.05) is 0 Å². The maximum atomic E-state index is 13.8. The number of aromatic nitrogens is 6. The SMILES string of the molecule is CCCn1c(C(=O)N2C3CCC2CC(n2nccn2)C3)cc2c(=O)n(C)c(=O)n(C)c21. The van der Waals surface area contributed by atoms with E-state index in [0.29, 0.717) is 23.3 Å². The van der Waals surface area contributed by atoms with E-state index in [-0.39, 0.29) is 35.3 Å². The van der Waals surface area contributed by atoms with Gasteiger partial charge in [0, 0.05) is 32.7 Å². The Morgan fingerprint density at radius 3 is 2.29 bits per heavy atom. The molecule has 2 aliphatic rings. The van der Waals surface area contributed by atoms with E-state index in [1.54, 1.807) is 30.3 Å². The maximum Gasteiger partial charge on any atom is 0.332 e. The molecule has 0 saturated carbocycles. The molecule has 2 aliphatic heterocycles. The van der Waals surface area contributed by atoms with Crippen molar-refractivity contribution >= 4 is 16.9 Å². The van der Waals surface area contributed by atoms with Gasteiger partial charge in [0.1, 0.15) is 11.3 Å². The van der Waals surface area contributed by atoms with Crippen molar-refractivity contribution < 1.29 is 4.79 Å². The standard InChI is InChI=1S/C21H27N7O3/c1-4-9-26-17(12-16-18(26)24(2)21(31)25(3)19(16)29)20(30)27-13-5-6-14(27)11-15(10-13)28-22-7-8-23-28/h7-8,12-15H,4-6,9-11H2,1-3H3. The van der Waals surface area contributed by atoms with E-state index in [9.17, 15) is 14.4 Å². The Labute approximate surface area is 178 Å². The first kappa shape index (κ1) is 19.8. The molecular formula is C21H27N7O3. The average molecular weight is 425 g/mol. The minimum absolute atomic E-state index is 0.0569. The van der Waals surface area contributed by atoms with E-state index in [2.05, 4.69) is 10.2 Å². The van der Waals surface area contributed by atoms with Crippen molar-refractivity contribution in [2.45, 2.75) is 63.7 Å². The van der Waals surface area contributed by atoms with Crippen molar-refractivity contribution in [2.24, 2.45) is 14.1 Å². The predicted octanol–water partition coefficient (Wildman–Crippen LogP) is 1.05. The fraction of sp³-hybridized carbons (Fsp3) is 0.571. The van der Waals surface area contributed by atoms with Gasteiger partial charge in [-0.3, -0.25) is 18.7 Å². The summed E-state index contributed by atoms with van der Waals surface area (Å²) in [7, 11) is 3.12. The third-order valence-electron chi connectivity index (χ3n) is 6.87. The molecule has 5 heterocycles. The molecular weight excluding hydrogens is 398 g/mol. The van der Waals surface area contributed by atoms with Gasteiger partial charge >= 0.3 is 5.69 Å². The summed E-state index contributed by atoms with van der Waals surface area (Å²) in [6, 6.07) is 2.13.